The average Bonchev–Trinajstić information content (AvgIpc) is 3.02. The third-order valence-corrected chi connectivity index (χ3v) is 6.32. The molecule has 156 valence electrons. The molecule has 8 heteroatoms. The lowest BCUT2D eigenvalue weighted by molar-refractivity contribution is -0.140. The molecule has 2 aromatic rings. The standard InChI is InChI=1S/C21H30N6O2/c1-13-11-14(2)27-20(23-13)19(15(3)24-27)21(29)25-9-7-17-16(12-25)5-6-18(28)26(17)10-8-22-4/h11,16-17,22H,5-10,12H2,1-4H3/t16-,17+/m0/s1. The number of likely N-dealkylation sites (N-methyl/N-ethyl adjacent to an activating group) is 1. The summed E-state index contributed by atoms with van der Waals surface area (Å²) in [6.07, 6.45) is 2.26. The number of aromatic nitrogens is 3. The minimum Gasteiger partial charge on any atom is -0.338 e. The van der Waals surface area contributed by atoms with Gasteiger partial charge in [-0.3, -0.25) is 9.59 Å². The molecule has 29 heavy (non-hydrogen) atoms. The Labute approximate surface area is 171 Å². The first-order chi connectivity index (χ1) is 13.9. The molecule has 0 radical (unpaired) electrons. The number of hydrogen-bond donors (Lipinski definition) is 1. The van der Waals surface area contributed by atoms with Crippen LogP contribution in [0.5, 0.6) is 0 Å². The summed E-state index contributed by atoms with van der Waals surface area (Å²) in [7, 11) is 1.91. The van der Waals surface area contributed by atoms with Crippen LogP contribution in [0.3, 0.4) is 0 Å². The van der Waals surface area contributed by atoms with Crippen LogP contribution in [-0.4, -0.2) is 75.5 Å². The van der Waals surface area contributed by atoms with Gasteiger partial charge in [-0.1, -0.05) is 0 Å². The second kappa shape index (κ2) is 7.74. The van der Waals surface area contributed by atoms with Crippen molar-refractivity contribution in [3.05, 3.63) is 28.7 Å². The first-order valence-corrected chi connectivity index (χ1v) is 10.5. The molecule has 2 aliphatic rings. The van der Waals surface area contributed by atoms with Crippen LogP contribution >= 0.6 is 0 Å². The quantitative estimate of drug-likeness (QED) is 0.840. The summed E-state index contributed by atoms with van der Waals surface area (Å²) in [5.74, 6) is 0.586. The van der Waals surface area contributed by atoms with E-state index < -0.39 is 0 Å². The maximum Gasteiger partial charge on any atom is 0.259 e. The van der Waals surface area contributed by atoms with Crippen molar-refractivity contribution in [3.8, 4) is 0 Å². The van der Waals surface area contributed by atoms with Crippen molar-refractivity contribution in [2.45, 2.75) is 46.1 Å². The predicted molar refractivity (Wildman–Crippen MR) is 110 cm³/mol. The number of likely N-dealkylation sites (tertiary alicyclic amines) is 2. The highest BCUT2D eigenvalue weighted by Crippen LogP contribution is 2.32. The van der Waals surface area contributed by atoms with Crippen molar-refractivity contribution < 1.29 is 9.59 Å². The lowest BCUT2D eigenvalue weighted by Crippen LogP contribution is -2.57. The van der Waals surface area contributed by atoms with Crippen LogP contribution in [0, 0.1) is 26.7 Å². The van der Waals surface area contributed by atoms with Crippen molar-refractivity contribution in [1.29, 1.82) is 0 Å². The fourth-order valence-electron chi connectivity index (χ4n) is 4.89. The number of amides is 2. The van der Waals surface area contributed by atoms with Crippen LogP contribution in [0.25, 0.3) is 5.65 Å². The highest BCUT2D eigenvalue weighted by Gasteiger charge is 2.40. The predicted octanol–water partition coefficient (Wildman–Crippen LogP) is 1.33. The van der Waals surface area contributed by atoms with Gasteiger partial charge in [0.15, 0.2) is 5.65 Å². The molecule has 8 nitrogen and oxygen atoms in total. The van der Waals surface area contributed by atoms with Gasteiger partial charge in [-0.05, 0) is 52.6 Å². The number of fused-ring (bicyclic) bond motifs is 2. The minimum absolute atomic E-state index is 0.00660. The second-order valence-electron chi connectivity index (χ2n) is 8.33. The topological polar surface area (TPSA) is 82.8 Å². The summed E-state index contributed by atoms with van der Waals surface area (Å²) in [6.45, 7) is 8.67. The molecule has 2 aromatic heterocycles. The lowest BCUT2D eigenvalue weighted by atomic mass is 9.83. The van der Waals surface area contributed by atoms with Crippen molar-refractivity contribution in [1.82, 2.24) is 29.7 Å². The summed E-state index contributed by atoms with van der Waals surface area (Å²) in [4.78, 5) is 34.4. The number of nitrogens with zero attached hydrogens (tertiary/aromatic N) is 5. The zero-order valence-corrected chi connectivity index (χ0v) is 17.7. The Morgan fingerprint density at radius 2 is 2.07 bits per heavy atom. The molecular formula is C21H30N6O2. The van der Waals surface area contributed by atoms with Gasteiger partial charge in [0, 0.05) is 50.0 Å². The van der Waals surface area contributed by atoms with Gasteiger partial charge in [-0.2, -0.15) is 5.10 Å². The number of aryl methyl sites for hydroxylation is 3. The van der Waals surface area contributed by atoms with Gasteiger partial charge in [0.2, 0.25) is 5.91 Å². The molecule has 1 N–H and O–H groups in total. The molecule has 2 fully saturated rings. The van der Waals surface area contributed by atoms with Crippen molar-refractivity contribution in [2.24, 2.45) is 5.92 Å². The van der Waals surface area contributed by atoms with Gasteiger partial charge >= 0.3 is 0 Å². The molecule has 0 unspecified atom stereocenters. The Morgan fingerprint density at radius 1 is 1.28 bits per heavy atom. The average molecular weight is 399 g/mol. The number of carbonyl (C=O) groups is 2. The zero-order chi connectivity index (χ0) is 20.7. The van der Waals surface area contributed by atoms with Crippen LogP contribution < -0.4 is 5.32 Å². The Kier molecular flexibility index (Phi) is 5.29. The lowest BCUT2D eigenvalue weighted by Gasteiger charge is -2.47. The molecule has 0 bridgehead atoms. The molecule has 0 aromatic carbocycles. The van der Waals surface area contributed by atoms with Crippen LogP contribution in [0.2, 0.25) is 0 Å². The number of piperidine rings is 2. The largest absolute Gasteiger partial charge is 0.338 e. The number of carbonyl (C=O) groups excluding carboxylic acids is 2. The van der Waals surface area contributed by atoms with Crippen LogP contribution in [0.4, 0.5) is 0 Å². The van der Waals surface area contributed by atoms with Crippen LogP contribution in [-0.2, 0) is 4.79 Å². The van der Waals surface area contributed by atoms with E-state index in [1.165, 1.54) is 0 Å². The Bertz CT molecular complexity index is 952. The molecule has 0 saturated carbocycles. The number of rotatable bonds is 4. The van der Waals surface area contributed by atoms with Crippen LogP contribution in [0.1, 0.15) is 46.7 Å². The number of nitrogens with one attached hydrogen (secondary N) is 1. The molecule has 2 aliphatic heterocycles. The van der Waals surface area contributed by atoms with E-state index in [0.29, 0.717) is 42.3 Å². The van der Waals surface area contributed by atoms with Crippen molar-refractivity contribution in [3.63, 3.8) is 0 Å². The molecule has 4 rings (SSSR count). The summed E-state index contributed by atoms with van der Waals surface area (Å²) < 4.78 is 1.76. The SMILES string of the molecule is CNCCN1C(=O)CC[C@H]2CN(C(=O)c3c(C)nn4c(C)cc(C)nc34)CC[C@H]21. The van der Waals surface area contributed by atoms with Gasteiger partial charge in [0.05, 0.1) is 5.69 Å². The van der Waals surface area contributed by atoms with E-state index in [4.69, 9.17) is 0 Å². The highest BCUT2D eigenvalue weighted by molar-refractivity contribution is 6.01. The van der Waals surface area contributed by atoms with E-state index in [9.17, 15) is 9.59 Å². The van der Waals surface area contributed by atoms with Gasteiger partial charge in [-0.25, -0.2) is 9.50 Å². The van der Waals surface area contributed by atoms with E-state index in [0.717, 1.165) is 37.3 Å². The fraction of sp³-hybridized carbons (Fsp3) is 0.619. The maximum atomic E-state index is 13.5. The third kappa shape index (κ3) is 3.50. The molecule has 2 amide bonds. The van der Waals surface area contributed by atoms with Gasteiger partial charge in [0.25, 0.3) is 5.91 Å². The first kappa shape index (κ1) is 19.8. The molecule has 2 atom stereocenters. The van der Waals surface area contributed by atoms with Gasteiger partial charge < -0.3 is 15.1 Å². The highest BCUT2D eigenvalue weighted by atomic mass is 16.2. The third-order valence-electron chi connectivity index (χ3n) is 6.32. The van der Waals surface area contributed by atoms with Gasteiger partial charge in [-0.15, -0.1) is 0 Å². The Hall–Kier alpha value is -2.48. The zero-order valence-electron chi connectivity index (χ0n) is 17.7. The summed E-state index contributed by atoms with van der Waals surface area (Å²) >= 11 is 0. The Balaban J connectivity index is 1.57. The minimum atomic E-state index is 0.00660. The monoisotopic (exact) mass is 398 g/mol. The molecule has 2 saturated heterocycles. The van der Waals surface area contributed by atoms with Crippen molar-refractivity contribution >= 4 is 17.5 Å². The van der Waals surface area contributed by atoms with E-state index in [1.54, 1.807) is 4.52 Å². The smallest absolute Gasteiger partial charge is 0.259 e. The molecule has 0 aliphatic carbocycles. The molecule has 4 heterocycles. The molecular weight excluding hydrogens is 368 g/mol. The van der Waals surface area contributed by atoms with Crippen molar-refractivity contribution in [2.75, 3.05) is 33.2 Å². The maximum absolute atomic E-state index is 13.5. The Morgan fingerprint density at radius 3 is 2.83 bits per heavy atom. The normalized spacial score (nSPS) is 22.3. The summed E-state index contributed by atoms with van der Waals surface area (Å²) in [5, 5.41) is 7.69. The van der Waals surface area contributed by atoms with Crippen LogP contribution in [0.15, 0.2) is 6.07 Å². The number of hydrogen-bond acceptors (Lipinski definition) is 5. The van der Waals surface area contributed by atoms with Gasteiger partial charge in [0.1, 0.15) is 5.56 Å². The molecule has 0 spiro atoms. The van der Waals surface area contributed by atoms with E-state index in [-0.39, 0.29) is 17.9 Å². The fourth-order valence-corrected chi connectivity index (χ4v) is 4.89. The van der Waals surface area contributed by atoms with E-state index >= 15 is 0 Å². The van der Waals surface area contributed by atoms with E-state index in [1.807, 2.05) is 43.7 Å². The first-order valence-electron chi connectivity index (χ1n) is 10.5. The second-order valence-corrected chi connectivity index (χ2v) is 8.33. The summed E-state index contributed by atoms with van der Waals surface area (Å²) in [5.41, 5.74) is 3.82. The van der Waals surface area contributed by atoms with E-state index in [2.05, 4.69) is 15.4 Å². The summed E-state index contributed by atoms with van der Waals surface area (Å²) in [6, 6.07) is 2.21.